The maximum atomic E-state index is 5.44. The van der Waals surface area contributed by atoms with E-state index in [9.17, 15) is 0 Å². The van der Waals surface area contributed by atoms with Gasteiger partial charge in [-0.2, -0.15) is 0 Å². The molecule has 3 rings (SSSR count). The first-order valence-electron chi connectivity index (χ1n) is 8.34. The third-order valence-corrected chi connectivity index (χ3v) is 4.99. The van der Waals surface area contributed by atoms with E-state index >= 15 is 0 Å². The van der Waals surface area contributed by atoms with Crippen molar-refractivity contribution in [1.82, 2.24) is 5.32 Å². The molecule has 21 heavy (non-hydrogen) atoms. The van der Waals surface area contributed by atoms with Crippen molar-refractivity contribution >= 4 is 0 Å². The van der Waals surface area contributed by atoms with Gasteiger partial charge in [-0.05, 0) is 48.8 Å². The van der Waals surface area contributed by atoms with Gasteiger partial charge in [0.2, 0.25) is 6.79 Å². The van der Waals surface area contributed by atoms with Gasteiger partial charge in [-0.1, -0.05) is 32.8 Å². The van der Waals surface area contributed by atoms with E-state index < -0.39 is 0 Å². The van der Waals surface area contributed by atoms with Crippen LogP contribution in [0.15, 0.2) is 18.2 Å². The van der Waals surface area contributed by atoms with Crippen LogP contribution in [0.3, 0.4) is 0 Å². The summed E-state index contributed by atoms with van der Waals surface area (Å²) >= 11 is 0. The van der Waals surface area contributed by atoms with Gasteiger partial charge >= 0.3 is 0 Å². The van der Waals surface area contributed by atoms with Gasteiger partial charge in [-0.3, -0.25) is 0 Å². The molecular weight excluding hydrogens is 262 g/mol. The van der Waals surface area contributed by atoms with Crippen LogP contribution < -0.4 is 14.8 Å². The van der Waals surface area contributed by atoms with E-state index in [2.05, 4.69) is 31.3 Å². The van der Waals surface area contributed by atoms with E-state index in [0.717, 1.165) is 29.9 Å². The summed E-state index contributed by atoms with van der Waals surface area (Å²) in [5.74, 6) is 3.50. The maximum Gasteiger partial charge on any atom is 0.231 e. The van der Waals surface area contributed by atoms with Gasteiger partial charge in [0.05, 0.1) is 0 Å². The number of nitrogens with one attached hydrogen (secondary N) is 1. The van der Waals surface area contributed by atoms with E-state index in [1.54, 1.807) is 0 Å². The molecule has 0 amide bonds. The Balaban J connectivity index is 1.51. The number of fused-ring (bicyclic) bond motifs is 1. The molecule has 1 aliphatic heterocycles. The number of hydrogen-bond acceptors (Lipinski definition) is 3. The van der Waals surface area contributed by atoms with Crippen molar-refractivity contribution in [2.45, 2.75) is 58.5 Å². The molecular formula is C18H27NO2. The molecule has 0 aromatic heterocycles. The molecule has 1 N–H and O–H groups in total. The Morgan fingerprint density at radius 3 is 2.81 bits per heavy atom. The highest BCUT2D eigenvalue weighted by atomic mass is 16.7. The van der Waals surface area contributed by atoms with Crippen LogP contribution in [0, 0.1) is 11.8 Å². The Kier molecular flexibility index (Phi) is 4.69. The highest BCUT2D eigenvalue weighted by Gasteiger charge is 2.21. The predicted molar refractivity (Wildman–Crippen MR) is 84.6 cm³/mol. The number of rotatable bonds is 4. The lowest BCUT2D eigenvalue weighted by molar-refractivity contribution is 0.174. The van der Waals surface area contributed by atoms with E-state index in [1.165, 1.54) is 37.7 Å². The van der Waals surface area contributed by atoms with Gasteiger partial charge in [0.1, 0.15) is 0 Å². The van der Waals surface area contributed by atoms with Crippen molar-refractivity contribution in [3.05, 3.63) is 23.8 Å². The minimum absolute atomic E-state index is 0.353. The monoisotopic (exact) mass is 289 g/mol. The van der Waals surface area contributed by atoms with Crippen molar-refractivity contribution in [2.24, 2.45) is 11.8 Å². The van der Waals surface area contributed by atoms with Crippen LogP contribution in [0.5, 0.6) is 11.5 Å². The van der Waals surface area contributed by atoms with Gasteiger partial charge in [0.15, 0.2) is 11.5 Å². The third kappa shape index (κ3) is 3.70. The topological polar surface area (TPSA) is 30.5 Å². The Morgan fingerprint density at radius 1 is 1.10 bits per heavy atom. The summed E-state index contributed by atoms with van der Waals surface area (Å²) in [4.78, 5) is 0. The highest BCUT2D eigenvalue weighted by molar-refractivity contribution is 5.44. The summed E-state index contributed by atoms with van der Waals surface area (Å²) in [6.07, 6.45) is 6.76. The average Bonchev–Trinajstić information content (AvgIpc) is 2.80. The minimum Gasteiger partial charge on any atom is -0.454 e. The van der Waals surface area contributed by atoms with Gasteiger partial charge in [0, 0.05) is 12.6 Å². The van der Waals surface area contributed by atoms with Crippen LogP contribution in [0.4, 0.5) is 0 Å². The van der Waals surface area contributed by atoms with Crippen LogP contribution in [0.2, 0.25) is 0 Å². The highest BCUT2D eigenvalue weighted by Crippen LogP contribution is 2.33. The number of hydrogen-bond donors (Lipinski definition) is 1. The Bertz CT molecular complexity index is 472. The van der Waals surface area contributed by atoms with Crippen molar-refractivity contribution in [1.29, 1.82) is 0 Å². The molecule has 1 aliphatic carbocycles. The van der Waals surface area contributed by atoms with Gasteiger partial charge in [-0.25, -0.2) is 0 Å². The SMILES string of the molecule is CC(C)C1CCCC(NCc2ccc3c(c2)OCO3)CC1. The summed E-state index contributed by atoms with van der Waals surface area (Å²) in [6, 6.07) is 6.91. The van der Waals surface area contributed by atoms with E-state index in [1.807, 2.05) is 6.07 Å². The predicted octanol–water partition coefficient (Wildman–Crippen LogP) is 4.11. The molecule has 2 unspecified atom stereocenters. The first-order valence-corrected chi connectivity index (χ1v) is 8.34. The molecule has 0 saturated heterocycles. The number of benzene rings is 1. The summed E-state index contributed by atoms with van der Waals surface area (Å²) in [5.41, 5.74) is 1.28. The average molecular weight is 289 g/mol. The van der Waals surface area contributed by atoms with Crippen LogP contribution in [-0.2, 0) is 6.54 Å². The first kappa shape index (κ1) is 14.7. The summed E-state index contributed by atoms with van der Waals surface area (Å²) in [7, 11) is 0. The van der Waals surface area contributed by atoms with Crippen molar-refractivity contribution in [2.75, 3.05) is 6.79 Å². The lowest BCUT2D eigenvalue weighted by Gasteiger charge is -2.19. The smallest absolute Gasteiger partial charge is 0.231 e. The van der Waals surface area contributed by atoms with Crippen molar-refractivity contribution in [3.63, 3.8) is 0 Å². The van der Waals surface area contributed by atoms with E-state index in [0.29, 0.717) is 12.8 Å². The van der Waals surface area contributed by atoms with E-state index in [4.69, 9.17) is 9.47 Å². The summed E-state index contributed by atoms with van der Waals surface area (Å²) in [6.45, 7) is 6.01. The van der Waals surface area contributed by atoms with Crippen LogP contribution in [-0.4, -0.2) is 12.8 Å². The fourth-order valence-electron chi connectivity index (χ4n) is 3.51. The van der Waals surface area contributed by atoms with Gasteiger partial charge in [-0.15, -0.1) is 0 Å². The first-order chi connectivity index (χ1) is 10.2. The number of ether oxygens (including phenoxy) is 2. The second kappa shape index (κ2) is 6.69. The van der Waals surface area contributed by atoms with Crippen molar-refractivity contribution < 1.29 is 9.47 Å². The fraction of sp³-hybridized carbons (Fsp3) is 0.667. The molecule has 1 aromatic carbocycles. The molecule has 1 saturated carbocycles. The fourth-order valence-corrected chi connectivity index (χ4v) is 3.51. The molecule has 1 fully saturated rings. The zero-order valence-corrected chi connectivity index (χ0v) is 13.2. The maximum absolute atomic E-state index is 5.44. The Labute approximate surface area is 128 Å². The lowest BCUT2D eigenvalue weighted by atomic mass is 9.89. The molecule has 1 aromatic rings. The molecule has 2 atom stereocenters. The molecule has 3 heteroatoms. The largest absolute Gasteiger partial charge is 0.454 e. The van der Waals surface area contributed by atoms with E-state index in [-0.39, 0.29) is 0 Å². The van der Waals surface area contributed by atoms with Crippen molar-refractivity contribution in [3.8, 4) is 11.5 Å². The van der Waals surface area contributed by atoms with Gasteiger partial charge in [0.25, 0.3) is 0 Å². The molecule has 0 radical (unpaired) electrons. The third-order valence-electron chi connectivity index (χ3n) is 4.99. The summed E-state index contributed by atoms with van der Waals surface area (Å²) < 4.78 is 10.8. The van der Waals surface area contributed by atoms with Crippen LogP contribution in [0.25, 0.3) is 0 Å². The quantitative estimate of drug-likeness (QED) is 0.846. The summed E-state index contributed by atoms with van der Waals surface area (Å²) in [5, 5.41) is 3.73. The second-order valence-electron chi connectivity index (χ2n) is 6.78. The molecule has 2 aliphatic rings. The molecule has 116 valence electrons. The van der Waals surface area contributed by atoms with Crippen LogP contribution >= 0.6 is 0 Å². The minimum atomic E-state index is 0.353. The molecule has 1 heterocycles. The normalized spacial score (nSPS) is 25.1. The van der Waals surface area contributed by atoms with Gasteiger partial charge < -0.3 is 14.8 Å². The zero-order valence-electron chi connectivity index (χ0n) is 13.2. The van der Waals surface area contributed by atoms with Crippen LogP contribution in [0.1, 0.15) is 51.5 Å². The lowest BCUT2D eigenvalue weighted by Crippen LogP contribution is -2.28. The molecule has 3 nitrogen and oxygen atoms in total. The molecule has 0 bridgehead atoms. The Hall–Kier alpha value is -1.22. The zero-order chi connectivity index (χ0) is 14.7. The molecule has 0 spiro atoms. The standard InChI is InChI=1S/C18H27NO2/c1-13(2)15-4-3-5-16(8-7-15)19-11-14-6-9-17-18(10-14)21-12-20-17/h6,9-10,13,15-16,19H,3-5,7-8,11-12H2,1-2H3. The Morgan fingerprint density at radius 2 is 1.95 bits per heavy atom. The second-order valence-corrected chi connectivity index (χ2v) is 6.78.